The number of sulfonamides is 1. The average Bonchev–Trinajstić information content (AvgIpc) is 2.64. The maximum atomic E-state index is 12.5. The van der Waals surface area contributed by atoms with Crippen LogP contribution in [0, 0.1) is 5.92 Å². The van der Waals surface area contributed by atoms with Crippen molar-refractivity contribution in [2.45, 2.75) is 18.1 Å². The van der Waals surface area contributed by atoms with Gasteiger partial charge in [0.1, 0.15) is 0 Å². The van der Waals surface area contributed by atoms with Gasteiger partial charge >= 0.3 is 0 Å². The van der Waals surface area contributed by atoms with Crippen LogP contribution in [0.5, 0.6) is 0 Å². The predicted molar refractivity (Wildman–Crippen MR) is 80.4 cm³/mol. The van der Waals surface area contributed by atoms with Crippen molar-refractivity contribution >= 4 is 15.9 Å². The van der Waals surface area contributed by atoms with Gasteiger partial charge in [0.05, 0.1) is 5.25 Å². The first-order valence-corrected chi connectivity index (χ1v) is 8.80. The zero-order valence-electron chi connectivity index (χ0n) is 12.1. The van der Waals surface area contributed by atoms with Crippen LogP contribution < -0.4 is 0 Å². The Morgan fingerprint density at radius 1 is 1.14 bits per heavy atom. The van der Waals surface area contributed by atoms with Crippen LogP contribution in [0.25, 0.3) is 0 Å². The molecular weight excluding hydrogens is 288 g/mol. The number of carbonyl (C=O) groups excluding carboxylic acids is 1. The topological polar surface area (TPSA) is 57.7 Å². The number of nitrogens with zero attached hydrogens (tertiary/aromatic N) is 2. The summed E-state index contributed by atoms with van der Waals surface area (Å²) in [7, 11) is -1.52. The highest BCUT2D eigenvalue weighted by Crippen LogP contribution is 2.33. The lowest BCUT2D eigenvalue weighted by Crippen LogP contribution is -2.34. The highest BCUT2D eigenvalue weighted by molar-refractivity contribution is 7.90. The first-order chi connectivity index (χ1) is 10.00. The molecule has 0 radical (unpaired) electrons. The molecule has 1 amide bonds. The predicted octanol–water partition coefficient (Wildman–Crippen LogP) is 1.18. The number of benzene rings is 1. The first-order valence-electron chi connectivity index (χ1n) is 7.29. The number of carbonyl (C=O) groups is 1. The van der Waals surface area contributed by atoms with E-state index in [1.807, 2.05) is 18.2 Å². The Balaban J connectivity index is 1.75. The Morgan fingerprint density at radius 2 is 1.81 bits per heavy atom. The second-order valence-corrected chi connectivity index (χ2v) is 8.12. The van der Waals surface area contributed by atoms with E-state index >= 15 is 0 Å². The van der Waals surface area contributed by atoms with Gasteiger partial charge in [-0.05, 0) is 30.9 Å². The normalized spacial score (nSPS) is 28.9. The standard InChI is InChI=1S/C15H20N2O3S/c1-16-11-13-7-9-17(10-8-14(13)21(16,19)20)15(18)12-5-3-2-4-6-12/h2-6,13-14H,7-11H2,1H3/t13-,14-/m1/s1. The van der Waals surface area contributed by atoms with Gasteiger partial charge in [-0.3, -0.25) is 4.79 Å². The van der Waals surface area contributed by atoms with E-state index in [1.54, 1.807) is 24.1 Å². The summed E-state index contributed by atoms with van der Waals surface area (Å²) in [4.78, 5) is 14.3. The van der Waals surface area contributed by atoms with Gasteiger partial charge in [0, 0.05) is 32.2 Å². The zero-order valence-corrected chi connectivity index (χ0v) is 12.9. The van der Waals surface area contributed by atoms with E-state index in [9.17, 15) is 13.2 Å². The van der Waals surface area contributed by atoms with E-state index < -0.39 is 10.0 Å². The van der Waals surface area contributed by atoms with Crippen LogP contribution in [-0.4, -0.2) is 55.5 Å². The van der Waals surface area contributed by atoms with Gasteiger partial charge in [-0.1, -0.05) is 18.2 Å². The molecule has 0 unspecified atom stereocenters. The third-order valence-electron chi connectivity index (χ3n) is 4.60. The van der Waals surface area contributed by atoms with Gasteiger partial charge in [-0.25, -0.2) is 12.7 Å². The molecule has 0 aliphatic carbocycles. The minimum atomic E-state index is -3.17. The molecule has 1 aromatic rings. The highest BCUT2D eigenvalue weighted by atomic mass is 32.2. The fourth-order valence-electron chi connectivity index (χ4n) is 3.37. The molecule has 2 heterocycles. The van der Waals surface area contributed by atoms with Crippen molar-refractivity contribution in [2.24, 2.45) is 5.92 Å². The van der Waals surface area contributed by atoms with Crippen LogP contribution in [0.4, 0.5) is 0 Å². The van der Waals surface area contributed by atoms with E-state index in [4.69, 9.17) is 0 Å². The monoisotopic (exact) mass is 308 g/mol. The Morgan fingerprint density at radius 3 is 2.52 bits per heavy atom. The Kier molecular flexibility index (Phi) is 3.75. The van der Waals surface area contributed by atoms with Crippen molar-refractivity contribution in [1.82, 2.24) is 9.21 Å². The van der Waals surface area contributed by atoms with Crippen molar-refractivity contribution in [2.75, 3.05) is 26.7 Å². The second-order valence-electron chi connectivity index (χ2n) is 5.86. The minimum absolute atomic E-state index is 0.00123. The minimum Gasteiger partial charge on any atom is -0.339 e. The largest absolute Gasteiger partial charge is 0.339 e. The first kappa shape index (κ1) is 14.5. The number of hydrogen-bond acceptors (Lipinski definition) is 3. The van der Waals surface area contributed by atoms with Crippen LogP contribution in [0.2, 0.25) is 0 Å². The van der Waals surface area contributed by atoms with Gasteiger partial charge in [0.2, 0.25) is 10.0 Å². The van der Waals surface area contributed by atoms with E-state index in [0.29, 0.717) is 31.6 Å². The third kappa shape index (κ3) is 2.58. The van der Waals surface area contributed by atoms with Crippen molar-refractivity contribution in [3.8, 4) is 0 Å². The van der Waals surface area contributed by atoms with Gasteiger partial charge in [-0.15, -0.1) is 0 Å². The van der Waals surface area contributed by atoms with Crippen LogP contribution in [-0.2, 0) is 10.0 Å². The van der Waals surface area contributed by atoms with Crippen LogP contribution in [0.15, 0.2) is 30.3 Å². The smallest absolute Gasteiger partial charge is 0.253 e. The van der Waals surface area contributed by atoms with Gasteiger partial charge in [-0.2, -0.15) is 0 Å². The summed E-state index contributed by atoms with van der Waals surface area (Å²) >= 11 is 0. The van der Waals surface area contributed by atoms with Gasteiger partial charge in [0.15, 0.2) is 0 Å². The number of fused-ring (bicyclic) bond motifs is 1. The molecule has 0 spiro atoms. The third-order valence-corrected chi connectivity index (χ3v) is 7.00. The number of rotatable bonds is 1. The maximum absolute atomic E-state index is 12.5. The Bertz CT molecular complexity index is 630. The van der Waals surface area contributed by atoms with Gasteiger partial charge < -0.3 is 4.90 Å². The fraction of sp³-hybridized carbons (Fsp3) is 0.533. The SMILES string of the molecule is CN1C[C@H]2CCN(C(=O)c3ccccc3)CC[C@H]2S1(=O)=O. The molecule has 0 bridgehead atoms. The molecule has 5 nitrogen and oxygen atoms in total. The second kappa shape index (κ2) is 5.42. The molecule has 2 atom stereocenters. The highest BCUT2D eigenvalue weighted by Gasteiger charge is 2.45. The van der Waals surface area contributed by atoms with Crippen molar-refractivity contribution in [1.29, 1.82) is 0 Å². The summed E-state index contributed by atoms with van der Waals surface area (Å²) in [5, 5.41) is -0.323. The zero-order chi connectivity index (χ0) is 15.0. The van der Waals surface area contributed by atoms with E-state index in [0.717, 1.165) is 6.42 Å². The summed E-state index contributed by atoms with van der Waals surface area (Å²) in [6.45, 7) is 1.74. The number of likely N-dealkylation sites (tertiary alicyclic amines) is 1. The summed E-state index contributed by atoms with van der Waals surface area (Å²) in [6.07, 6.45) is 1.29. The van der Waals surface area contributed by atoms with Crippen molar-refractivity contribution in [3.63, 3.8) is 0 Å². The Hall–Kier alpha value is -1.40. The molecule has 2 saturated heterocycles. The lowest BCUT2D eigenvalue weighted by molar-refractivity contribution is 0.0759. The summed E-state index contributed by atoms with van der Waals surface area (Å²) < 4.78 is 26.0. The molecule has 0 aromatic heterocycles. The maximum Gasteiger partial charge on any atom is 0.253 e. The van der Waals surface area contributed by atoms with Gasteiger partial charge in [0.25, 0.3) is 5.91 Å². The summed E-state index contributed by atoms with van der Waals surface area (Å²) in [5.74, 6) is 0.148. The fourth-order valence-corrected chi connectivity index (χ4v) is 5.34. The lowest BCUT2D eigenvalue weighted by Gasteiger charge is -2.21. The molecule has 1 aromatic carbocycles. The van der Waals surface area contributed by atoms with Crippen LogP contribution >= 0.6 is 0 Å². The molecule has 6 heteroatoms. The molecule has 0 saturated carbocycles. The Labute approximate surface area is 125 Å². The number of amides is 1. The van der Waals surface area contributed by atoms with Crippen molar-refractivity contribution in [3.05, 3.63) is 35.9 Å². The molecule has 3 rings (SSSR count). The molecule has 0 N–H and O–H groups in total. The average molecular weight is 308 g/mol. The van der Waals surface area contributed by atoms with Crippen molar-refractivity contribution < 1.29 is 13.2 Å². The van der Waals surface area contributed by atoms with Crippen LogP contribution in [0.1, 0.15) is 23.2 Å². The molecular formula is C15H20N2O3S. The molecule has 2 fully saturated rings. The number of hydrogen-bond donors (Lipinski definition) is 0. The van der Waals surface area contributed by atoms with E-state index in [2.05, 4.69) is 0 Å². The molecule has 2 aliphatic heterocycles. The lowest BCUT2D eigenvalue weighted by atomic mass is 10.0. The van der Waals surface area contributed by atoms with E-state index in [-0.39, 0.29) is 17.1 Å². The summed E-state index contributed by atoms with van der Waals surface area (Å²) in [5.41, 5.74) is 0.671. The summed E-state index contributed by atoms with van der Waals surface area (Å²) in [6, 6.07) is 9.18. The van der Waals surface area contributed by atoms with Crippen LogP contribution in [0.3, 0.4) is 0 Å². The molecule has 114 valence electrons. The quantitative estimate of drug-likeness (QED) is 0.783. The molecule has 21 heavy (non-hydrogen) atoms. The molecule has 2 aliphatic rings. The van der Waals surface area contributed by atoms with E-state index in [1.165, 1.54) is 4.31 Å².